The lowest BCUT2D eigenvalue weighted by Gasteiger charge is -2.34. The zero-order valence-electron chi connectivity index (χ0n) is 30.7. The average Bonchev–Trinajstić information content (AvgIpc) is 3.92. The number of hydrogen-bond acceptors (Lipinski definition) is 4. The van der Waals surface area contributed by atoms with Gasteiger partial charge in [-0.25, -0.2) is 4.98 Å². The molecule has 57 heavy (non-hydrogen) atoms. The highest BCUT2D eigenvalue weighted by Crippen LogP contribution is 2.57. The predicted octanol–water partition coefficient (Wildman–Crippen LogP) is 12.6. The molecule has 0 spiro atoms. The van der Waals surface area contributed by atoms with E-state index < -0.39 is 5.41 Å². The van der Waals surface area contributed by atoms with Crippen LogP contribution < -0.4 is 0 Å². The molecule has 0 bridgehead atoms. The zero-order chi connectivity index (χ0) is 37.5. The van der Waals surface area contributed by atoms with Gasteiger partial charge in [0.1, 0.15) is 11.2 Å². The van der Waals surface area contributed by atoms with Crippen LogP contribution in [0.2, 0.25) is 0 Å². The quantitative estimate of drug-likeness (QED) is 0.177. The third kappa shape index (κ3) is 4.60. The van der Waals surface area contributed by atoms with E-state index in [0.717, 1.165) is 54.9 Å². The van der Waals surface area contributed by atoms with Crippen LogP contribution in [0.1, 0.15) is 22.3 Å². The van der Waals surface area contributed by atoms with E-state index in [4.69, 9.17) is 19.4 Å². The zero-order valence-corrected chi connectivity index (χ0v) is 30.7. The lowest BCUT2D eigenvalue weighted by atomic mass is 9.67. The molecule has 0 saturated heterocycles. The van der Waals surface area contributed by atoms with Crippen LogP contribution in [0.25, 0.3) is 83.6 Å². The van der Waals surface area contributed by atoms with Crippen LogP contribution in [0.3, 0.4) is 0 Å². The maximum absolute atomic E-state index is 6.20. The fraction of sp³-hybridized carbons (Fsp3) is 0.0192. The lowest BCUT2D eigenvalue weighted by Crippen LogP contribution is -2.28. The van der Waals surface area contributed by atoms with Gasteiger partial charge in [0.25, 0.3) is 0 Å². The average molecular weight is 729 g/mol. The van der Waals surface area contributed by atoms with E-state index in [0.29, 0.717) is 17.6 Å². The fourth-order valence-corrected chi connectivity index (χ4v) is 9.29. The Morgan fingerprint density at radius 2 is 1.00 bits per heavy atom. The van der Waals surface area contributed by atoms with Crippen molar-refractivity contribution in [3.8, 4) is 39.9 Å². The van der Waals surface area contributed by atoms with E-state index >= 15 is 0 Å². The van der Waals surface area contributed by atoms with Gasteiger partial charge < -0.3 is 4.42 Å². The molecule has 0 radical (unpaired) electrons. The smallest absolute Gasteiger partial charge is 0.238 e. The second-order valence-corrected chi connectivity index (χ2v) is 14.8. The minimum Gasteiger partial charge on any atom is -0.456 e. The number of nitrogens with zero attached hydrogens (tertiary/aromatic N) is 4. The summed E-state index contributed by atoms with van der Waals surface area (Å²) in [5.41, 5.74) is 12.4. The predicted molar refractivity (Wildman–Crippen MR) is 230 cm³/mol. The number of furan rings is 1. The Kier molecular flexibility index (Phi) is 6.78. The first-order valence-electron chi connectivity index (χ1n) is 19.3. The molecule has 0 unspecified atom stereocenters. The summed E-state index contributed by atoms with van der Waals surface area (Å²) >= 11 is 0. The summed E-state index contributed by atoms with van der Waals surface area (Å²) in [5, 5.41) is 4.37. The van der Waals surface area contributed by atoms with Gasteiger partial charge in [0.15, 0.2) is 11.6 Å². The SMILES string of the molecule is c1ccc(-c2nc(-c3ccc4oc5ccccc5c4c3)nc(-n3c4ccccc4c4cc5c(cc43)C(c3ccccc3)(c3ccccc3)c3ccccc3-5)n2)cc1. The Labute approximate surface area is 328 Å². The molecular formula is C52H32N4O. The second kappa shape index (κ2) is 12.2. The first-order valence-corrected chi connectivity index (χ1v) is 19.3. The molecule has 0 N–H and O–H groups in total. The van der Waals surface area contributed by atoms with E-state index in [2.05, 4.69) is 150 Å². The minimum atomic E-state index is -0.549. The van der Waals surface area contributed by atoms with Crippen LogP contribution >= 0.6 is 0 Å². The summed E-state index contributed by atoms with van der Waals surface area (Å²) in [4.78, 5) is 15.8. The van der Waals surface area contributed by atoms with Gasteiger partial charge in [0, 0.05) is 32.7 Å². The van der Waals surface area contributed by atoms with Gasteiger partial charge in [-0.05, 0) is 75.8 Å². The Balaban J connectivity index is 1.17. The van der Waals surface area contributed by atoms with E-state index in [-0.39, 0.29) is 0 Å². The first kappa shape index (κ1) is 31.7. The number of hydrogen-bond donors (Lipinski definition) is 0. The fourth-order valence-electron chi connectivity index (χ4n) is 9.29. The lowest BCUT2D eigenvalue weighted by molar-refractivity contribution is 0.669. The third-order valence-electron chi connectivity index (χ3n) is 11.7. The molecule has 3 aromatic heterocycles. The van der Waals surface area contributed by atoms with E-state index in [1.807, 2.05) is 48.5 Å². The van der Waals surface area contributed by atoms with Gasteiger partial charge >= 0.3 is 0 Å². The van der Waals surface area contributed by atoms with Crippen molar-refractivity contribution in [1.82, 2.24) is 19.5 Å². The summed E-state index contributed by atoms with van der Waals surface area (Å²) in [6, 6.07) is 68.7. The molecule has 0 atom stereocenters. The van der Waals surface area contributed by atoms with Crippen molar-refractivity contribution in [3.05, 3.63) is 216 Å². The molecule has 5 nitrogen and oxygen atoms in total. The number of para-hydroxylation sites is 2. The highest BCUT2D eigenvalue weighted by atomic mass is 16.3. The number of benzene rings is 8. The standard InChI is InChI=1S/C52H32N4O/c1-4-16-33(17-5-1)49-53-50(34-28-29-48-42(30-34)39-24-12-15-27-47(39)57-48)55-51(54-49)56-45-26-14-11-23-38(45)41-31-40-37-22-10-13-25-43(37)52(44(40)32-46(41)56,35-18-6-2-7-19-35)36-20-8-3-9-21-36/h1-32H. The first-order chi connectivity index (χ1) is 28.3. The molecular weight excluding hydrogens is 697 g/mol. The molecule has 0 aliphatic heterocycles. The summed E-state index contributed by atoms with van der Waals surface area (Å²) in [6.07, 6.45) is 0. The number of aromatic nitrogens is 4. The van der Waals surface area contributed by atoms with E-state index in [1.54, 1.807) is 0 Å². The van der Waals surface area contributed by atoms with Crippen molar-refractivity contribution in [2.24, 2.45) is 0 Å². The molecule has 266 valence electrons. The third-order valence-corrected chi connectivity index (χ3v) is 11.7. The van der Waals surface area contributed by atoms with Crippen LogP contribution in [0.15, 0.2) is 199 Å². The van der Waals surface area contributed by atoms with E-state index in [1.165, 1.54) is 33.4 Å². The Morgan fingerprint density at radius 3 is 1.77 bits per heavy atom. The van der Waals surface area contributed by atoms with Crippen molar-refractivity contribution >= 4 is 43.7 Å². The van der Waals surface area contributed by atoms with Crippen LogP contribution in [-0.4, -0.2) is 19.5 Å². The van der Waals surface area contributed by atoms with Gasteiger partial charge in [-0.2, -0.15) is 9.97 Å². The molecule has 0 saturated carbocycles. The Bertz CT molecular complexity index is 3310. The molecule has 3 heterocycles. The van der Waals surface area contributed by atoms with Gasteiger partial charge in [-0.3, -0.25) is 4.57 Å². The highest BCUT2D eigenvalue weighted by molar-refractivity contribution is 6.12. The van der Waals surface area contributed by atoms with E-state index in [9.17, 15) is 0 Å². The summed E-state index contributed by atoms with van der Waals surface area (Å²) in [7, 11) is 0. The van der Waals surface area contributed by atoms with Crippen LogP contribution in [0.4, 0.5) is 0 Å². The van der Waals surface area contributed by atoms with Crippen LogP contribution in [0, 0.1) is 0 Å². The molecule has 1 aliphatic rings. The van der Waals surface area contributed by atoms with Gasteiger partial charge in [0.2, 0.25) is 5.95 Å². The van der Waals surface area contributed by atoms with Crippen molar-refractivity contribution in [2.45, 2.75) is 5.41 Å². The monoisotopic (exact) mass is 728 g/mol. The van der Waals surface area contributed by atoms with Crippen molar-refractivity contribution in [1.29, 1.82) is 0 Å². The van der Waals surface area contributed by atoms with Gasteiger partial charge in [-0.15, -0.1) is 0 Å². The van der Waals surface area contributed by atoms with Crippen molar-refractivity contribution < 1.29 is 4.42 Å². The molecule has 8 aromatic carbocycles. The normalized spacial score (nSPS) is 13.1. The molecule has 1 aliphatic carbocycles. The largest absolute Gasteiger partial charge is 0.456 e. The number of fused-ring (bicyclic) bond motifs is 9. The van der Waals surface area contributed by atoms with Crippen LogP contribution in [0.5, 0.6) is 0 Å². The summed E-state index contributed by atoms with van der Waals surface area (Å²) < 4.78 is 8.43. The molecule has 0 fully saturated rings. The topological polar surface area (TPSA) is 56.7 Å². The molecule has 12 rings (SSSR count). The van der Waals surface area contributed by atoms with Crippen molar-refractivity contribution in [2.75, 3.05) is 0 Å². The van der Waals surface area contributed by atoms with Crippen molar-refractivity contribution in [3.63, 3.8) is 0 Å². The maximum atomic E-state index is 6.20. The molecule has 5 heteroatoms. The Morgan fingerprint density at radius 1 is 0.386 bits per heavy atom. The number of rotatable bonds is 5. The van der Waals surface area contributed by atoms with Crippen LogP contribution in [-0.2, 0) is 5.41 Å². The Hall–Kier alpha value is -7.63. The van der Waals surface area contributed by atoms with Gasteiger partial charge in [-0.1, -0.05) is 152 Å². The minimum absolute atomic E-state index is 0.549. The highest BCUT2D eigenvalue weighted by Gasteiger charge is 2.46. The van der Waals surface area contributed by atoms with Gasteiger partial charge in [0.05, 0.1) is 16.4 Å². The maximum Gasteiger partial charge on any atom is 0.238 e. The molecule has 11 aromatic rings. The summed E-state index contributed by atoms with van der Waals surface area (Å²) in [6.45, 7) is 0. The molecule has 0 amide bonds. The second-order valence-electron chi connectivity index (χ2n) is 14.8. The summed E-state index contributed by atoms with van der Waals surface area (Å²) in [5.74, 6) is 1.76.